The number of nitrogens with one attached hydrogen (secondary N) is 1. The van der Waals surface area contributed by atoms with Gasteiger partial charge in [0.1, 0.15) is 12.4 Å². The molecule has 1 spiro atoms. The maximum absolute atomic E-state index is 12.9. The summed E-state index contributed by atoms with van der Waals surface area (Å²) in [6.07, 6.45) is 5.71. The highest BCUT2D eigenvalue weighted by molar-refractivity contribution is 5.80. The quantitative estimate of drug-likeness (QED) is 0.864. The number of piperidine rings is 2. The number of hydrogen-bond acceptors (Lipinski definition) is 3. The van der Waals surface area contributed by atoms with Crippen LogP contribution in [0.2, 0.25) is 0 Å². The predicted molar refractivity (Wildman–Crippen MR) is 89.5 cm³/mol. The molecule has 1 unspecified atom stereocenters. The molecule has 1 atom stereocenters. The van der Waals surface area contributed by atoms with Crippen molar-refractivity contribution in [2.24, 2.45) is 11.3 Å². The van der Waals surface area contributed by atoms with Gasteiger partial charge in [0.2, 0.25) is 5.91 Å². The van der Waals surface area contributed by atoms with Gasteiger partial charge in [-0.1, -0.05) is 18.2 Å². The van der Waals surface area contributed by atoms with Crippen LogP contribution in [0.1, 0.15) is 31.2 Å². The van der Waals surface area contributed by atoms with E-state index in [2.05, 4.69) is 16.3 Å². The van der Waals surface area contributed by atoms with Crippen LogP contribution in [-0.4, -0.2) is 43.6 Å². The molecule has 3 aliphatic rings. The van der Waals surface area contributed by atoms with Crippen LogP contribution in [-0.2, 0) is 11.2 Å². The van der Waals surface area contributed by atoms with Crippen molar-refractivity contribution >= 4 is 5.91 Å². The summed E-state index contributed by atoms with van der Waals surface area (Å²) in [5, 5.41) is 3.45. The van der Waals surface area contributed by atoms with Crippen molar-refractivity contribution in [2.75, 3.05) is 32.8 Å². The van der Waals surface area contributed by atoms with Crippen molar-refractivity contribution < 1.29 is 9.53 Å². The molecule has 2 fully saturated rings. The number of para-hydroxylation sites is 1. The maximum atomic E-state index is 12.9. The number of fused-ring (bicyclic) bond motifs is 1. The molecule has 1 N–H and O–H groups in total. The molecule has 4 nitrogen and oxygen atoms in total. The molecule has 1 amide bonds. The number of benzene rings is 1. The first-order valence-electron chi connectivity index (χ1n) is 8.96. The number of likely N-dealkylation sites (tertiary alicyclic amines) is 1. The molecule has 2 saturated heterocycles. The second kappa shape index (κ2) is 6.16. The first-order chi connectivity index (χ1) is 11.3. The van der Waals surface area contributed by atoms with E-state index in [0.29, 0.717) is 17.9 Å². The van der Waals surface area contributed by atoms with E-state index < -0.39 is 0 Å². The average Bonchev–Trinajstić information content (AvgIpc) is 2.62. The zero-order valence-corrected chi connectivity index (χ0v) is 13.7. The third kappa shape index (κ3) is 2.97. The van der Waals surface area contributed by atoms with E-state index in [0.717, 1.165) is 38.3 Å². The van der Waals surface area contributed by atoms with Crippen LogP contribution in [0.3, 0.4) is 0 Å². The normalized spacial score (nSPS) is 26.4. The van der Waals surface area contributed by atoms with E-state index in [4.69, 9.17) is 4.74 Å². The van der Waals surface area contributed by atoms with Crippen LogP contribution in [0.15, 0.2) is 24.3 Å². The minimum absolute atomic E-state index is 0.00743. The van der Waals surface area contributed by atoms with E-state index in [-0.39, 0.29) is 5.92 Å². The topological polar surface area (TPSA) is 41.6 Å². The van der Waals surface area contributed by atoms with Gasteiger partial charge in [-0.15, -0.1) is 0 Å². The van der Waals surface area contributed by atoms with Gasteiger partial charge in [0.05, 0.1) is 5.92 Å². The molecule has 0 radical (unpaired) electrons. The Balaban J connectivity index is 1.37. The van der Waals surface area contributed by atoms with Gasteiger partial charge >= 0.3 is 0 Å². The van der Waals surface area contributed by atoms with Crippen LogP contribution in [0.25, 0.3) is 0 Å². The second-order valence-corrected chi connectivity index (χ2v) is 7.40. The number of carbonyl (C=O) groups excluding carboxylic acids is 1. The fourth-order valence-electron chi connectivity index (χ4n) is 4.40. The van der Waals surface area contributed by atoms with Gasteiger partial charge in [-0.2, -0.15) is 0 Å². The number of ether oxygens (including phenoxy) is 1. The molecule has 3 heterocycles. The summed E-state index contributed by atoms with van der Waals surface area (Å²) in [5.74, 6) is 1.24. The number of rotatable bonds is 1. The van der Waals surface area contributed by atoms with E-state index in [9.17, 15) is 4.79 Å². The highest BCUT2D eigenvalue weighted by atomic mass is 16.5. The van der Waals surface area contributed by atoms with Gasteiger partial charge in [0.15, 0.2) is 0 Å². The summed E-state index contributed by atoms with van der Waals surface area (Å²) in [6, 6.07) is 8.09. The fourth-order valence-corrected chi connectivity index (χ4v) is 4.40. The summed E-state index contributed by atoms with van der Waals surface area (Å²) < 4.78 is 5.80. The Morgan fingerprint density at radius 1 is 1.13 bits per heavy atom. The number of amides is 1. The summed E-state index contributed by atoms with van der Waals surface area (Å²) in [7, 11) is 0. The Morgan fingerprint density at radius 2 is 1.87 bits per heavy atom. The summed E-state index contributed by atoms with van der Waals surface area (Å²) in [5.41, 5.74) is 1.67. The standard InChI is InChI=1S/C19H26N2O2/c22-18(16-13-15-3-1-2-4-17(15)23-14-16)21-11-7-19(8-12-21)5-9-20-10-6-19/h1-4,16,20H,5-14H2. The van der Waals surface area contributed by atoms with Gasteiger partial charge in [0.25, 0.3) is 0 Å². The highest BCUT2D eigenvalue weighted by Crippen LogP contribution is 2.40. The molecular formula is C19H26N2O2. The first-order valence-corrected chi connectivity index (χ1v) is 8.96. The molecule has 0 saturated carbocycles. The van der Waals surface area contributed by atoms with Gasteiger partial charge in [-0.05, 0) is 62.2 Å². The molecule has 3 aliphatic heterocycles. The molecule has 124 valence electrons. The molecule has 4 heteroatoms. The summed E-state index contributed by atoms with van der Waals surface area (Å²) in [4.78, 5) is 15.0. The Hall–Kier alpha value is -1.55. The summed E-state index contributed by atoms with van der Waals surface area (Å²) in [6.45, 7) is 4.66. The lowest BCUT2D eigenvalue weighted by atomic mass is 9.71. The van der Waals surface area contributed by atoms with Crippen molar-refractivity contribution in [3.8, 4) is 5.75 Å². The van der Waals surface area contributed by atoms with Crippen molar-refractivity contribution in [1.82, 2.24) is 10.2 Å². The van der Waals surface area contributed by atoms with E-state index in [1.807, 2.05) is 18.2 Å². The molecule has 23 heavy (non-hydrogen) atoms. The lowest BCUT2D eigenvalue weighted by Gasteiger charge is -2.45. The Kier molecular flexibility index (Phi) is 4.02. The Morgan fingerprint density at radius 3 is 2.65 bits per heavy atom. The zero-order valence-electron chi connectivity index (χ0n) is 13.7. The average molecular weight is 314 g/mol. The first kappa shape index (κ1) is 15.0. The minimum atomic E-state index is -0.00743. The molecule has 0 aromatic heterocycles. The number of hydrogen-bond donors (Lipinski definition) is 1. The van der Waals surface area contributed by atoms with Crippen molar-refractivity contribution in [2.45, 2.75) is 32.1 Å². The van der Waals surface area contributed by atoms with Gasteiger partial charge in [-0.25, -0.2) is 0 Å². The summed E-state index contributed by atoms with van der Waals surface area (Å²) >= 11 is 0. The fraction of sp³-hybridized carbons (Fsp3) is 0.632. The SMILES string of the molecule is O=C(C1COc2ccccc2C1)N1CCC2(CCNCC2)CC1. The van der Waals surface area contributed by atoms with Gasteiger partial charge in [0, 0.05) is 13.1 Å². The Bertz CT molecular complexity index is 570. The molecular weight excluding hydrogens is 288 g/mol. The molecule has 1 aromatic rings. The lowest BCUT2D eigenvalue weighted by molar-refractivity contribution is -0.139. The van der Waals surface area contributed by atoms with E-state index in [1.165, 1.54) is 31.2 Å². The minimum Gasteiger partial charge on any atom is -0.492 e. The zero-order chi connectivity index (χ0) is 15.7. The van der Waals surface area contributed by atoms with E-state index in [1.54, 1.807) is 0 Å². The highest BCUT2D eigenvalue weighted by Gasteiger charge is 2.38. The van der Waals surface area contributed by atoms with Crippen molar-refractivity contribution in [1.29, 1.82) is 0 Å². The van der Waals surface area contributed by atoms with E-state index >= 15 is 0 Å². The molecule has 1 aromatic carbocycles. The lowest BCUT2D eigenvalue weighted by Crippen LogP contribution is -2.49. The number of carbonyl (C=O) groups is 1. The van der Waals surface area contributed by atoms with Crippen LogP contribution in [0.4, 0.5) is 0 Å². The predicted octanol–water partition coefficient (Wildman–Crippen LogP) is 2.23. The smallest absolute Gasteiger partial charge is 0.229 e. The second-order valence-electron chi connectivity index (χ2n) is 7.40. The van der Waals surface area contributed by atoms with Crippen LogP contribution in [0, 0.1) is 11.3 Å². The Labute approximate surface area is 138 Å². The molecule has 0 aliphatic carbocycles. The molecule has 4 rings (SSSR count). The largest absolute Gasteiger partial charge is 0.492 e. The van der Waals surface area contributed by atoms with Gasteiger partial charge < -0.3 is 15.0 Å². The van der Waals surface area contributed by atoms with Crippen LogP contribution in [0.5, 0.6) is 5.75 Å². The van der Waals surface area contributed by atoms with Crippen LogP contribution < -0.4 is 10.1 Å². The van der Waals surface area contributed by atoms with Gasteiger partial charge in [-0.3, -0.25) is 4.79 Å². The van der Waals surface area contributed by atoms with Crippen molar-refractivity contribution in [3.63, 3.8) is 0 Å². The van der Waals surface area contributed by atoms with Crippen molar-refractivity contribution in [3.05, 3.63) is 29.8 Å². The molecule has 0 bridgehead atoms. The third-order valence-corrected chi connectivity index (χ3v) is 6.03. The third-order valence-electron chi connectivity index (χ3n) is 6.03. The van der Waals surface area contributed by atoms with Crippen LogP contribution >= 0.6 is 0 Å². The maximum Gasteiger partial charge on any atom is 0.229 e. The number of nitrogens with zero attached hydrogens (tertiary/aromatic N) is 1. The monoisotopic (exact) mass is 314 g/mol.